The van der Waals surface area contributed by atoms with E-state index >= 15 is 0 Å². The molecule has 0 saturated carbocycles. The molecule has 1 unspecified atom stereocenters. The summed E-state index contributed by atoms with van der Waals surface area (Å²) in [7, 11) is 0. The van der Waals surface area contributed by atoms with Crippen molar-refractivity contribution in [3.8, 4) is 0 Å². The lowest BCUT2D eigenvalue weighted by Gasteiger charge is -2.13. The van der Waals surface area contributed by atoms with E-state index in [1.54, 1.807) is 0 Å². The van der Waals surface area contributed by atoms with Crippen LogP contribution >= 0.6 is 11.6 Å². The third-order valence-electron chi connectivity index (χ3n) is 3.06. The van der Waals surface area contributed by atoms with Crippen molar-refractivity contribution in [2.75, 3.05) is 5.88 Å². The smallest absolute Gasteiger partial charge is 0.220 e. The molecule has 1 amide bonds. The van der Waals surface area contributed by atoms with E-state index in [2.05, 4.69) is 24.4 Å². The number of alkyl halides is 1. The Kier molecular flexibility index (Phi) is 6.81. The van der Waals surface area contributed by atoms with Gasteiger partial charge in [-0.05, 0) is 44.2 Å². The fourth-order valence-electron chi connectivity index (χ4n) is 1.94. The first-order valence-corrected chi connectivity index (χ1v) is 7.06. The number of carbonyl (C=O) groups is 1. The Morgan fingerprint density at radius 1 is 1.39 bits per heavy atom. The predicted molar refractivity (Wildman–Crippen MR) is 77.1 cm³/mol. The number of hydrogen-bond donors (Lipinski definition) is 1. The SMILES string of the molecule is Cc1ccccc1CCC(=O)NC(C)CCCCl. The molecule has 1 aromatic carbocycles. The topological polar surface area (TPSA) is 29.1 Å². The van der Waals surface area contributed by atoms with Crippen LogP contribution in [0, 0.1) is 6.92 Å². The van der Waals surface area contributed by atoms with Gasteiger partial charge in [0.1, 0.15) is 0 Å². The van der Waals surface area contributed by atoms with Crippen molar-refractivity contribution in [1.82, 2.24) is 5.32 Å². The molecule has 0 aliphatic carbocycles. The molecular formula is C15H22ClNO. The molecule has 0 aliphatic rings. The zero-order chi connectivity index (χ0) is 13.4. The Morgan fingerprint density at radius 3 is 2.78 bits per heavy atom. The van der Waals surface area contributed by atoms with Gasteiger partial charge in [0.05, 0.1) is 0 Å². The average Bonchev–Trinajstić information content (AvgIpc) is 2.35. The van der Waals surface area contributed by atoms with Crippen LogP contribution in [-0.2, 0) is 11.2 Å². The number of rotatable bonds is 7. The van der Waals surface area contributed by atoms with Crippen LogP contribution in [0.2, 0.25) is 0 Å². The van der Waals surface area contributed by atoms with Crippen LogP contribution < -0.4 is 5.32 Å². The van der Waals surface area contributed by atoms with Gasteiger partial charge in [-0.1, -0.05) is 24.3 Å². The molecule has 0 aromatic heterocycles. The molecular weight excluding hydrogens is 246 g/mol. The monoisotopic (exact) mass is 267 g/mol. The Balaban J connectivity index is 2.31. The summed E-state index contributed by atoms with van der Waals surface area (Å²) < 4.78 is 0. The fourth-order valence-corrected chi connectivity index (χ4v) is 2.10. The van der Waals surface area contributed by atoms with E-state index < -0.39 is 0 Å². The lowest BCUT2D eigenvalue weighted by atomic mass is 10.0. The van der Waals surface area contributed by atoms with E-state index in [9.17, 15) is 4.79 Å². The van der Waals surface area contributed by atoms with E-state index in [0.717, 1.165) is 19.3 Å². The van der Waals surface area contributed by atoms with Crippen LogP contribution in [0.15, 0.2) is 24.3 Å². The third-order valence-corrected chi connectivity index (χ3v) is 3.33. The highest BCUT2D eigenvalue weighted by Gasteiger charge is 2.07. The summed E-state index contributed by atoms with van der Waals surface area (Å²) in [5.74, 6) is 0.781. The summed E-state index contributed by atoms with van der Waals surface area (Å²) in [6.07, 6.45) is 3.25. The largest absolute Gasteiger partial charge is 0.354 e. The maximum atomic E-state index is 11.8. The summed E-state index contributed by atoms with van der Waals surface area (Å²) in [6.45, 7) is 4.11. The van der Waals surface area contributed by atoms with Crippen LogP contribution in [0.3, 0.4) is 0 Å². The number of benzene rings is 1. The molecule has 0 aliphatic heterocycles. The first-order chi connectivity index (χ1) is 8.63. The molecule has 1 aromatic rings. The van der Waals surface area contributed by atoms with Gasteiger partial charge in [0, 0.05) is 18.3 Å². The highest BCUT2D eigenvalue weighted by atomic mass is 35.5. The van der Waals surface area contributed by atoms with Gasteiger partial charge in [-0.3, -0.25) is 4.79 Å². The Labute approximate surface area is 115 Å². The van der Waals surface area contributed by atoms with Crippen molar-refractivity contribution in [2.45, 2.75) is 45.6 Å². The number of amides is 1. The Bertz CT molecular complexity index is 379. The molecule has 3 heteroatoms. The zero-order valence-corrected chi connectivity index (χ0v) is 12.0. The standard InChI is InChI=1S/C15H22ClNO/c1-12-6-3-4-8-14(12)9-10-15(18)17-13(2)7-5-11-16/h3-4,6,8,13H,5,7,9-11H2,1-2H3,(H,17,18). The van der Waals surface area contributed by atoms with Gasteiger partial charge in [-0.25, -0.2) is 0 Å². The summed E-state index contributed by atoms with van der Waals surface area (Å²) in [6, 6.07) is 8.42. The molecule has 0 spiro atoms. The Hall–Kier alpha value is -1.02. The second kappa shape index (κ2) is 8.15. The van der Waals surface area contributed by atoms with Crippen molar-refractivity contribution in [2.24, 2.45) is 0 Å². The minimum Gasteiger partial charge on any atom is -0.354 e. The van der Waals surface area contributed by atoms with E-state index in [4.69, 9.17) is 11.6 Å². The summed E-state index contributed by atoms with van der Waals surface area (Å²) >= 11 is 5.63. The molecule has 0 heterocycles. The van der Waals surface area contributed by atoms with Crippen LogP contribution in [0.25, 0.3) is 0 Å². The van der Waals surface area contributed by atoms with Crippen molar-refractivity contribution in [3.63, 3.8) is 0 Å². The molecule has 0 bridgehead atoms. The van der Waals surface area contributed by atoms with Crippen LogP contribution in [0.5, 0.6) is 0 Å². The van der Waals surface area contributed by atoms with Gasteiger partial charge in [0.15, 0.2) is 0 Å². The molecule has 2 nitrogen and oxygen atoms in total. The highest BCUT2D eigenvalue weighted by molar-refractivity contribution is 6.17. The van der Waals surface area contributed by atoms with Gasteiger partial charge >= 0.3 is 0 Å². The quantitative estimate of drug-likeness (QED) is 0.754. The number of hydrogen-bond acceptors (Lipinski definition) is 1. The molecule has 0 fully saturated rings. The van der Waals surface area contributed by atoms with Crippen molar-refractivity contribution < 1.29 is 4.79 Å². The number of halogens is 1. The average molecular weight is 268 g/mol. The predicted octanol–water partition coefficient (Wildman–Crippen LogP) is 3.45. The maximum absolute atomic E-state index is 11.8. The molecule has 18 heavy (non-hydrogen) atoms. The zero-order valence-electron chi connectivity index (χ0n) is 11.2. The summed E-state index contributed by atoms with van der Waals surface area (Å²) in [5.41, 5.74) is 2.50. The van der Waals surface area contributed by atoms with E-state index in [0.29, 0.717) is 12.3 Å². The molecule has 1 rings (SSSR count). The van der Waals surface area contributed by atoms with Crippen molar-refractivity contribution in [1.29, 1.82) is 0 Å². The van der Waals surface area contributed by atoms with Crippen LogP contribution in [0.1, 0.15) is 37.3 Å². The van der Waals surface area contributed by atoms with Gasteiger partial charge < -0.3 is 5.32 Å². The van der Waals surface area contributed by atoms with Crippen LogP contribution in [0.4, 0.5) is 0 Å². The van der Waals surface area contributed by atoms with Crippen molar-refractivity contribution in [3.05, 3.63) is 35.4 Å². The summed E-state index contributed by atoms with van der Waals surface area (Å²) in [5, 5.41) is 3.01. The number of nitrogens with one attached hydrogen (secondary N) is 1. The third kappa shape index (κ3) is 5.54. The molecule has 0 saturated heterocycles. The fraction of sp³-hybridized carbons (Fsp3) is 0.533. The molecule has 100 valence electrons. The molecule has 1 atom stereocenters. The van der Waals surface area contributed by atoms with E-state index in [1.807, 2.05) is 19.1 Å². The Morgan fingerprint density at radius 2 is 2.11 bits per heavy atom. The highest BCUT2D eigenvalue weighted by Crippen LogP contribution is 2.09. The number of aryl methyl sites for hydroxylation is 2. The maximum Gasteiger partial charge on any atom is 0.220 e. The number of carbonyl (C=O) groups excluding carboxylic acids is 1. The van der Waals surface area contributed by atoms with Crippen LogP contribution in [-0.4, -0.2) is 17.8 Å². The first-order valence-electron chi connectivity index (χ1n) is 6.53. The van der Waals surface area contributed by atoms with E-state index in [-0.39, 0.29) is 11.9 Å². The first kappa shape index (κ1) is 15.0. The lowest BCUT2D eigenvalue weighted by Crippen LogP contribution is -2.32. The van der Waals surface area contributed by atoms with Crippen molar-refractivity contribution >= 4 is 17.5 Å². The molecule has 1 N–H and O–H groups in total. The van der Waals surface area contributed by atoms with Gasteiger partial charge in [-0.15, -0.1) is 11.6 Å². The normalized spacial score (nSPS) is 12.2. The van der Waals surface area contributed by atoms with Gasteiger partial charge in [-0.2, -0.15) is 0 Å². The van der Waals surface area contributed by atoms with Gasteiger partial charge in [0.2, 0.25) is 5.91 Å². The minimum absolute atomic E-state index is 0.125. The molecule has 0 radical (unpaired) electrons. The van der Waals surface area contributed by atoms with E-state index in [1.165, 1.54) is 11.1 Å². The second-order valence-corrected chi connectivity index (χ2v) is 5.10. The minimum atomic E-state index is 0.125. The second-order valence-electron chi connectivity index (χ2n) is 4.73. The summed E-state index contributed by atoms with van der Waals surface area (Å²) in [4.78, 5) is 11.8. The van der Waals surface area contributed by atoms with Gasteiger partial charge in [0.25, 0.3) is 0 Å². The lowest BCUT2D eigenvalue weighted by molar-refractivity contribution is -0.121.